The molecule has 1 aromatic carbocycles. The molecule has 240 valence electrons. The summed E-state index contributed by atoms with van der Waals surface area (Å²) in [6.07, 6.45) is 5.03. The lowest BCUT2D eigenvalue weighted by molar-refractivity contribution is -0.157. The predicted molar refractivity (Wildman–Crippen MR) is 166 cm³/mol. The van der Waals surface area contributed by atoms with Crippen molar-refractivity contribution in [3.63, 3.8) is 0 Å². The van der Waals surface area contributed by atoms with Crippen LogP contribution in [0, 0.1) is 11.8 Å². The van der Waals surface area contributed by atoms with Crippen molar-refractivity contribution in [3.05, 3.63) is 61.2 Å². The number of carbonyl (C=O) groups excluding carboxylic acids is 3. The summed E-state index contributed by atoms with van der Waals surface area (Å²) in [5.41, 5.74) is -1.02. The third kappa shape index (κ3) is 5.62. The van der Waals surface area contributed by atoms with E-state index in [9.17, 15) is 19.5 Å². The number of amides is 3. The number of ether oxygens (including phenoxy) is 2. The number of nitrogens with zero attached hydrogens (tertiary/aromatic N) is 4. The maximum absolute atomic E-state index is 14.6. The van der Waals surface area contributed by atoms with Crippen LogP contribution in [0.25, 0.3) is 0 Å². The molecule has 0 aromatic heterocycles. The van der Waals surface area contributed by atoms with Gasteiger partial charge in [0, 0.05) is 45.8 Å². The minimum Gasteiger partial charge on any atom is -0.394 e. The summed E-state index contributed by atoms with van der Waals surface area (Å²) in [6, 6.07) is 8.20. The number of fused-ring (bicyclic) bond motifs is 1. The van der Waals surface area contributed by atoms with E-state index in [2.05, 4.69) is 18.1 Å². The van der Waals surface area contributed by atoms with Gasteiger partial charge in [0.2, 0.25) is 17.7 Å². The van der Waals surface area contributed by atoms with Crippen molar-refractivity contribution in [1.29, 1.82) is 0 Å². The van der Waals surface area contributed by atoms with Gasteiger partial charge in [-0.25, -0.2) is 0 Å². The van der Waals surface area contributed by atoms with Crippen molar-refractivity contribution in [3.8, 4) is 0 Å². The molecule has 4 fully saturated rings. The average molecular weight is 609 g/mol. The maximum atomic E-state index is 14.6. The minimum atomic E-state index is -1.15. The molecule has 1 N–H and O–H groups in total. The van der Waals surface area contributed by atoms with Crippen molar-refractivity contribution in [1.82, 2.24) is 19.6 Å². The van der Waals surface area contributed by atoms with Gasteiger partial charge in [-0.05, 0) is 31.7 Å². The molecule has 10 heteroatoms. The van der Waals surface area contributed by atoms with Crippen LogP contribution in [0.5, 0.6) is 0 Å². The quantitative estimate of drug-likeness (QED) is 0.323. The van der Waals surface area contributed by atoms with E-state index in [0.717, 1.165) is 18.7 Å². The summed E-state index contributed by atoms with van der Waals surface area (Å²) in [5, 5.41) is 10.3. The van der Waals surface area contributed by atoms with E-state index >= 15 is 0 Å². The molecule has 2 unspecified atom stereocenters. The Bertz CT molecular complexity index is 1220. The highest BCUT2D eigenvalue weighted by Crippen LogP contribution is 2.65. The third-order valence-corrected chi connectivity index (χ3v) is 10.2. The first-order valence-electron chi connectivity index (χ1n) is 16.0. The van der Waals surface area contributed by atoms with E-state index in [-0.39, 0.29) is 24.3 Å². The molecule has 0 saturated carbocycles. The molecule has 3 amide bonds. The molecular formula is C34H48N4O6. The van der Waals surface area contributed by atoms with E-state index in [4.69, 9.17) is 9.47 Å². The minimum absolute atomic E-state index is 0.157. The fourth-order valence-electron chi connectivity index (χ4n) is 7.97. The van der Waals surface area contributed by atoms with Crippen LogP contribution < -0.4 is 0 Å². The number of hydrogen-bond acceptors (Lipinski definition) is 7. The number of hydrogen-bond donors (Lipinski definition) is 1. The molecule has 6 atom stereocenters. The number of rotatable bonds is 14. The SMILES string of the molecule is C=CCN(CCN1CCOCC1)C(=O)C1N([C@H](C)CO)C(=O)[C@@H]2[C@H](C(=O)N(CC=C)Cc3ccccc3)[C@]3(CC)CCC12O3. The Kier molecular flexibility index (Phi) is 9.94. The molecule has 0 radical (unpaired) electrons. The lowest BCUT2D eigenvalue weighted by atomic mass is 9.64. The molecule has 2 bridgehead atoms. The first-order valence-corrected chi connectivity index (χ1v) is 16.0. The highest BCUT2D eigenvalue weighted by atomic mass is 16.5. The van der Waals surface area contributed by atoms with Crippen LogP contribution in [0.4, 0.5) is 0 Å². The topological polar surface area (TPSA) is 103 Å². The summed E-state index contributed by atoms with van der Waals surface area (Å²) in [6.45, 7) is 16.3. The fourth-order valence-corrected chi connectivity index (χ4v) is 7.97. The molecule has 4 aliphatic rings. The lowest BCUT2D eigenvalue weighted by Gasteiger charge is -2.39. The van der Waals surface area contributed by atoms with Crippen molar-refractivity contribution in [2.24, 2.45) is 11.8 Å². The fraction of sp³-hybridized carbons (Fsp3) is 0.618. The van der Waals surface area contributed by atoms with Gasteiger partial charge in [0.15, 0.2) is 0 Å². The van der Waals surface area contributed by atoms with E-state index < -0.39 is 35.1 Å². The molecule has 0 aliphatic carbocycles. The third-order valence-electron chi connectivity index (χ3n) is 10.2. The van der Waals surface area contributed by atoms with E-state index in [1.54, 1.807) is 28.9 Å². The highest BCUT2D eigenvalue weighted by molar-refractivity contribution is 5.99. The Hall–Kier alpha value is -3.05. The van der Waals surface area contributed by atoms with Crippen LogP contribution in [0.15, 0.2) is 55.6 Å². The number of carbonyl (C=O) groups is 3. The second-order valence-electron chi connectivity index (χ2n) is 12.6. The van der Waals surface area contributed by atoms with Crippen molar-refractivity contribution < 1.29 is 29.0 Å². The van der Waals surface area contributed by atoms with Gasteiger partial charge >= 0.3 is 0 Å². The van der Waals surface area contributed by atoms with Crippen molar-refractivity contribution in [2.45, 2.75) is 62.9 Å². The van der Waals surface area contributed by atoms with Gasteiger partial charge in [-0.15, -0.1) is 13.2 Å². The molecular weight excluding hydrogens is 560 g/mol. The van der Waals surface area contributed by atoms with Gasteiger partial charge in [-0.1, -0.05) is 49.4 Å². The largest absolute Gasteiger partial charge is 0.394 e. The van der Waals surface area contributed by atoms with Gasteiger partial charge in [0.1, 0.15) is 11.6 Å². The summed E-state index contributed by atoms with van der Waals surface area (Å²) < 4.78 is 12.4. The standard InChI is InChI=1S/C34H48N4O6/c1-5-15-36(18-17-35-19-21-43-22-20-35)32(42)29-34-14-13-33(7-3,44-34)27(28(34)31(41)38(29)25(4)24-39)30(40)37(16-6-2)23-26-11-9-8-10-12-26/h5-6,8-12,25,27-29,39H,1-2,7,13-24H2,3-4H3/t25-,27-,28+,29?,33+,34?/m1/s1. The zero-order valence-electron chi connectivity index (χ0n) is 26.2. The van der Waals surface area contributed by atoms with Gasteiger partial charge in [-0.2, -0.15) is 0 Å². The van der Waals surface area contributed by atoms with Crippen LogP contribution in [0.2, 0.25) is 0 Å². The maximum Gasteiger partial charge on any atom is 0.248 e. The first-order chi connectivity index (χ1) is 21.3. The molecule has 4 aliphatic heterocycles. The Morgan fingerprint density at radius 2 is 1.77 bits per heavy atom. The Morgan fingerprint density at radius 1 is 1.09 bits per heavy atom. The predicted octanol–water partition coefficient (Wildman–Crippen LogP) is 2.08. The smallest absolute Gasteiger partial charge is 0.248 e. The van der Waals surface area contributed by atoms with Crippen LogP contribution in [-0.4, -0.2) is 125 Å². The Morgan fingerprint density at radius 3 is 2.41 bits per heavy atom. The number of morpholine rings is 1. The van der Waals surface area contributed by atoms with Crippen LogP contribution in [0.3, 0.4) is 0 Å². The molecule has 4 saturated heterocycles. The molecule has 10 nitrogen and oxygen atoms in total. The lowest BCUT2D eigenvalue weighted by Crippen LogP contribution is -2.59. The zero-order chi connectivity index (χ0) is 31.5. The zero-order valence-corrected chi connectivity index (χ0v) is 26.2. The Labute approximate surface area is 261 Å². The second kappa shape index (κ2) is 13.5. The molecule has 44 heavy (non-hydrogen) atoms. The van der Waals surface area contributed by atoms with Gasteiger partial charge in [0.25, 0.3) is 0 Å². The van der Waals surface area contributed by atoms with Gasteiger partial charge < -0.3 is 29.3 Å². The monoisotopic (exact) mass is 608 g/mol. The van der Waals surface area contributed by atoms with Crippen molar-refractivity contribution >= 4 is 17.7 Å². The van der Waals surface area contributed by atoms with Crippen LogP contribution >= 0.6 is 0 Å². The summed E-state index contributed by atoms with van der Waals surface area (Å²) in [7, 11) is 0. The highest BCUT2D eigenvalue weighted by Gasteiger charge is 2.79. The Balaban J connectivity index is 1.50. The van der Waals surface area contributed by atoms with Crippen LogP contribution in [0.1, 0.15) is 38.7 Å². The summed E-state index contributed by atoms with van der Waals surface area (Å²) >= 11 is 0. The molecule has 4 heterocycles. The van der Waals surface area contributed by atoms with E-state index in [1.165, 1.54) is 4.90 Å². The number of likely N-dealkylation sites (tertiary alicyclic amines) is 1. The second-order valence-corrected chi connectivity index (χ2v) is 12.6. The molecule has 1 spiro atoms. The number of aliphatic hydroxyl groups is 1. The summed E-state index contributed by atoms with van der Waals surface area (Å²) in [4.78, 5) is 51.0. The average Bonchev–Trinajstić information content (AvgIpc) is 3.66. The van der Waals surface area contributed by atoms with Gasteiger partial charge in [0.05, 0.1) is 43.3 Å². The van der Waals surface area contributed by atoms with E-state index in [0.29, 0.717) is 65.2 Å². The molecule has 5 rings (SSSR count). The van der Waals surface area contributed by atoms with Crippen LogP contribution in [-0.2, 0) is 30.4 Å². The number of benzene rings is 1. The summed E-state index contributed by atoms with van der Waals surface area (Å²) in [5.74, 6) is -2.23. The van der Waals surface area contributed by atoms with E-state index in [1.807, 2.05) is 37.3 Å². The normalized spacial score (nSPS) is 30.2. The van der Waals surface area contributed by atoms with Gasteiger partial charge in [-0.3, -0.25) is 19.3 Å². The first kappa shape index (κ1) is 32.3. The van der Waals surface area contributed by atoms with Crippen molar-refractivity contribution in [2.75, 3.05) is 59.1 Å². The molecule has 1 aromatic rings. The number of aliphatic hydroxyl groups excluding tert-OH is 1.